The van der Waals surface area contributed by atoms with Crippen LogP contribution in [0.1, 0.15) is 11.3 Å². The van der Waals surface area contributed by atoms with Crippen LogP contribution >= 0.6 is 11.6 Å². The van der Waals surface area contributed by atoms with E-state index in [9.17, 15) is 5.11 Å². The lowest BCUT2D eigenvalue weighted by atomic mass is 10.2. The zero-order valence-corrected chi connectivity index (χ0v) is 19.5. The number of aliphatic hydroxyl groups is 1. The van der Waals surface area contributed by atoms with Crippen LogP contribution in [-0.2, 0) is 16.0 Å². The van der Waals surface area contributed by atoms with Crippen molar-refractivity contribution >= 4 is 11.6 Å². The minimum atomic E-state index is -0.616. The fraction of sp³-hybridized carbons (Fsp3) is 0.375. The van der Waals surface area contributed by atoms with Crippen molar-refractivity contribution in [1.82, 2.24) is 14.7 Å². The van der Waals surface area contributed by atoms with Gasteiger partial charge in [-0.15, -0.1) is 0 Å². The SMILES string of the molecule is COCCN(Cc1c(C)nn(-c2ccccc2)c1Oc1ccccc1Cl)C[C@H](O)COC. The third-order valence-electron chi connectivity index (χ3n) is 5.00. The molecule has 2 aromatic carbocycles. The first-order valence-corrected chi connectivity index (χ1v) is 10.9. The standard InChI is InChI=1S/C24H30ClN3O4/c1-18-21(16-27(13-14-30-2)15-20(29)17-31-3)24(32-23-12-8-7-11-22(23)25)28(26-18)19-9-5-4-6-10-19/h4-12,20,29H,13-17H2,1-3H3/t20-/m0/s1. The Kier molecular flexibility index (Phi) is 9.08. The minimum absolute atomic E-state index is 0.259. The number of halogens is 1. The van der Waals surface area contributed by atoms with Crippen molar-refractivity contribution < 1.29 is 19.3 Å². The average Bonchev–Trinajstić information content (AvgIpc) is 3.09. The van der Waals surface area contributed by atoms with Crippen LogP contribution in [0.2, 0.25) is 5.02 Å². The normalized spacial score (nSPS) is 12.3. The molecule has 1 atom stereocenters. The van der Waals surface area contributed by atoms with Gasteiger partial charge in [-0.2, -0.15) is 5.10 Å². The lowest BCUT2D eigenvalue weighted by Gasteiger charge is -2.25. The van der Waals surface area contributed by atoms with Crippen molar-refractivity contribution in [3.05, 3.63) is 70.9 Å². The smallest absolute Gasteiger partial charge is 0.227 e. The second-order valence-electron chi connectivity index (χ2n) is 7.49. The van der Waals surface area contributed by atoms with Gasteiger partial charge in [0.1, 0.15) is 5.75 Å². The molecule has 0 aliphatic heterocycles. The van der Waals surface area contributed by atoms with E-state index in [0.717, 1.165) is 16.9 Å². The molecule has 0 aliphatic carbocycles. The number of para-hydroxylation sites is 2. The van der Waals surface area contributed by atoms with Crippen LogP contribution in [0, 0.1) is 6.92 Å². The number of rotatable bonds is 12. The van der Waals surface area contributed by atoms with Gasteiger partial charge >= 0.3 is 0 Å². The Hall–Kier alpha value is -2.42. The van der Waals surface area contributed by atoms with Gasteiger partial charge in [0.2, 0.25) is 5.88 Å². The third-order valence-corrected chi connectivity index (χ3v) is 5.31. The number of aryl methyl sites for hydroxylation is 1. The molecule has 0 bridgehead atoms. The Bertz CT molecular complexity index is 981. The highest BCUT2D eigenvalue weighted by Gasteiger charge is 2.23. The van der Waals surface area contributed by atoms with E-state index in [1.165, 1.54) is 0 Å². The summed E-state index contributed by atoms with van der Waals surface area (Å²) in [7, 11) is 3.24. The summed E-state index contributed by atoms with van der Waals surface area (Å²) >= 11 is 6.38. The fourth-order valence-corrected chi connectivity index (χ4v) is 3.60. The summed E-state index contributed by atoms with van der Waals surface area (Å²) in [4.78, 5) is 2.10. The van der Waals surface area contributed by atoms with Crippen LogP contribution in [0.15, 0.2) is 54.6 Å². The van der Waals surface area contributed by atoms with Crippen LogP contribution in [0.4, 0.5) is 0 Å². The summed E-state index contributed by atoms with van der Waals surface area (Å²) in [5.74, 6) is 1.14. The number of ether oxygens (including phenoxy) is 3. The first kappa shape index (κ1) is 24.2. The van der Waals surface area contributed by atoms with Crippen molar-refractivity contribution in [3.8, 4) is 17.3 Å². The summed E-state index contributed by atoms with van der Waals surface area (Å²) in [5, 5.41) is 15.6. The van der Waals surface area contributed by atoms with E-state index in [1.54, 1.807) is 25.0 Å². The predicted molar refractivity (Wildman–Crippen MR) is 125 cm³/mol. The summed E-state index contributed by atoms with van der Waals surface area (Å²) in [5.41, 5.74) is 2.63. The maximum atomic E-state index is 10.3. The molecule has 0 aliphatic rings. The number of methoxy groups -OCH3 is 2. The highest BCUT2D eigenvalue weighted by atomic mass is 35.5. The van der Waals surface area contributed by atoms with E-state index in [2.05, 4.69) is 4.90 Å². The van der Waals surface area contributed by atoms with E-state index < -0.39 is 6.10 Å². The minimum Gasteiger partial charge on any atom is -0.437 e. The third kappa shape index (κ3) is 6.31. The molecule has 1 heterocycles. The van der Waals surface area contributed by atoms with Gasteiger partial charge in [-0.25, -0.2) is 4.68 Å². The molecule has 7 nitrogen and oxygen atoms in total. The largest absolute Gasteiger partial charge is 0.437 e. The Balaban J connectivity index is 1.99. The van der Waals surface area contributed by atoms with E-state index in [1.807, 2.05) is 55.5 Å². The topological polar surface area (TPSA) is 69.0 Å². The molecule has 1 aromatic heterocycles. The van der Waals surface area contributed by atoms with Crippen molar-refractivity contribution in [2.45, 2.75) is 19.6 Å². The highest BCUT2D eigenvalue weighted by Crippen LogP contribution is 2.34. The average molecular weight is 460 g/mol. The number of aromatic nitrogens is 2. The Morgan fingerprint density at radius 1 is 1.06 bits per heavy atom. The van der Waals surface area contributed by atoms with Gasteiger partial charge in [0.05, 0.1) is 41.3 Å². The molecule has 1 N–H and O–H groups in total. The number of hydrogen-bond acceptors (Lipinski definition) is 6. The molecule has 0 amide bonds. The summed E-state index contributed by atoms with van der Waals surface area (Å²) in [6.07, 6.45) is -0.616. The van der Waals surface area contributed by atoms with Crippen molar-refractivity contribution in [3.63, 3.8) is 0 Å². The van der Waals surface area contributed by atoms with Gasteiger partial charge in [-0.1, -0.05) is 41.9 Å². The monoisotopic (exact) mass is 459 g/mol. The first-order valence-electron chi connectivity index (χ1n) is 10.5. The van der Waals surface area contributed by atoms with Crippen LogP contribution in [0.25, 0.3) is 5.69 Å². The Morgan fingerprint density at radius 2 is 1.78 bits per heavy atom. The second kappa shape index (κ2) is 12.0. The van der Waals surface area contributed by atoms with E-state index >= 15 is 0 Å². The summed E-state index contributed by atoms with van der Waals surface area (Å²) in [6, 6.07) is 17.2. The fourth-order valence-electron chi connectivity index (χ4n) is 3.42. The molecule has 172 valence electrons. The van der Waals surface area contributed by atoms with E-state index in [0.29, 0.717) is 42.9 Å². The Morgan fingerprint density at radius 3 is 2.47 bits per heavy atom. The van der Waals surface area contributed by atoms with Crippen LogP contribution in [0.3, 0.4) is 0 Å². The summed E-state index contributed by atoms with van der Waals surface area (Å²) < 4.78 is 18.5. The predicted octanol–water partition coefficient (Wildman–Crippen LogP) is 4.08. The first-order chi connectivity index (χ1) is 15.5. The molecule has 0 unspecified atom stereocenters. The van der Waals surface area contributed by atoms with Gasteiger partial charge in [-0.3, -0.25) is 4.90 Å². The molecule has 3 rings (SSSR count). The number of hydrogen-bond donors (Lipinski definition) is 1. The van der Waals surface area contributed by atoms with E-state index in [-0.39, 0.29) is 6.61 Å². The highest BCUT2D eigenvalue weighted by molar-refractivity contribution is 6.32. The maximum absolute atomic E-state index is 10.3. The molecule has 0 saturated heterocycles. The lowest BCUT2D eigenvalue weighted by Crippen LogP contribution is -2.36. The maximum Gasteiger partial charge on any atom is 0.227 e. The van der Waals surface area contributed by atoms with E-state index in [4.69, 9.17) is 30.9 Å². The molecule has 0 fully saturated rings. The van der Waals surface area contributed by atoms with Crippen LogP contribution in [0.5, 0.6) is 11.6 Å². The molecule has 8 heteroatoms. The van der Waals surface area contributed by atoms with Crippen LogP contribution in [-0.4, -0.2) is 66.4 Å². The zero-order chi connectivity index (χ0) is 22.9. The lowest BCUT2D eigenvalue weighted by molar-refractivity contribution is 0.0291. The van der Waals surface area contributed by atoms with Gasteiger partial charge in [0.15, 0.2) is 0 Å². The number of benzene rings is 2. The molecule has 3 aromatic rings. The molecule has 32 heavy (non-hydrogen) atoms. The second-order valence-corrected chi connectivity index (χ2v) is 7.89. The number of nitrogens with zero attached hydrogens (tertiary/aromatic N) is 3. The molecule has 0 saturated carbocycles. The Labute approximate surface area is 194 Å². The molecular formula is C24H30ClN3O4. The van der Waals surface area contributed by atoms with Crippen molar-refractivity contribution in [2.75, 3.05) is 40.5 Å². The quantitative estimate of drug-likeness (QED) is 0.440. The molecule has 0 radical (unpaired) electrons. The zero-order valence-electron chi connectivity index (χ0n) is 18.7. The summed E-state index contributed by atoms with van der Waals surface area (Å²) in [6.45, 7) is 4.33. The van der Waals surface area contributed by atoms with Crippen molar-refractivity contribution in [1.29, 1.82) is 0 Å². The van der Waals surface area contributed by atoms with Crippen molar-refractivity contribution in [2.24, 2.45) is 0 Å². The van der Waals surface area contributed by atoms with Crippen LogP contribution < -0.4 is 4.74 Å². The van der Waals surface area contributed by atoms with Gasteiger partial charge < -0.3 is 19.3 Å². The van der Waals surface area contributed by atoms with Gasteiger partial charge in [-0.05, 0) is 31.2 Å². The van der Waals surface area contributed by atoms with Gasteiger partial charge in [0, 0.05) is 33.9 Å². The molecule has 0 spiro atoms. The van der Waals surface area contributed by atoms with Gasteiger partial charge in [0.25, 0.3) is 0 Å². The molecular weight excluding hydrogens is 430 g/mol. The number of aliphatic hydroxyl groups excluding tert-OH is 1.